The van der Waals surface area contributed by atoms with Crippen molar-refractivity contribution < 1.29 is 9.53 Å². The number of para-hydroxylation sites is 2. The molecule has 0 radical (unpaired) electrons. The van der Waals surface area contributed by atoms with Gasteiger partial charge >= 0.3 is 5.69 Å². The average Bonchev–Trinajstić information content (AvgIpc) is 3.37. The van der Waals surface area contributed by atoms with Gasteiger partial charge in [-0.1, -0.05) is 31.2 Å². The summed E-state index contributed by atoms with van der Waals surface area (Å²) in [7, 11) is 0. The molecular weight excluding hydrogens is 390 g/mol. The molecule has 4 rings (SSSR count). The number of hydrogen-bond acceptors (Lipinski definition) is 3. The lowest BCUT2D eigenvalue weighted by atomic mass is 10.0. The Labute approximate surface area is 183 Å². The van der Waals surface area contributed by atoms with Crippen molar-refractivity contribution in [1.82, 2.24) is 14.0 Å². The molecule has 1 aliphatic heterocycles. The van der Waals surface area contributed by atoms with Gasteiger partial charge in [-0.3, -0.25) is 13.9 Å². The lowest BCUT2D eigenvalue weighted by Crippen LogP contribution is -2.32. The molecule has 1 amide bonds. The molecule has 0 bridgehead atoms. The Kier molecular flexibility index (Phi) is 6.44. The number of carbonyl (C=O) groups is 1. The minimum Gasteiger partial charge on any atom is -0.494 e. The molecule has 0 N–H and O–H groups in total. The maximum Gasteiger partial charge on any atom is 0.329 e. The van der Waals surface area contributed by atoms with Gasteiger partial charge in [0.15, 0.2) is 0 Å². The number of ether oxygens (including phenoxy) is 1. The zero-order chi connectivity index (χ0) is 21.8. The minimum atomic E-state index is -0.0275. The van der Waals surface area contributed by atoms with Gasteiger partial charge in [0, 0.05) is 26.1 Å². The van der Waals surface area contributed by atoms with Crippen molar-refractivity contribution in [2.75, 3.05) is 13.2 Å². The summed E-state index contributed by atoms with van der Waals surface area (Å²) in [6.07, 6.45) is 3.19. The number of fused-ring (bicyclic) bond motifs is 1. The van der Waals surface area contributed by atoms with Crippen LogP contribution in [0.5, 0.6) is 5.75 Å². The minimum absolute atomic E-state index is 0.0275. The fraction of sp³-hybridized carbons (Fsp3) is 0.440. The normalized spacial score (nSPS) is 16.2. The largest absolute Gasteiger partial charge is 0.494 e. The summed E-state index contributed by atoms with van der Waals surface area (Å²) in [5.41, 5.74) is 2.96. The Morgan fingerprint density at radius 1 is 1.00 bits per heavy atom. The Morgan fingerprint density at radius 2 is 1.68 bits per heavy atom. The van der Waals surface area contributed by atoms with Crippen LogP contribution in [0.25, 0.3) is 11.0 Å². The van der Waals surface area contributed by atoms with Gasteiger partial charge in [-0.15, -0.1) is 0 Å². The van der Waals surface area contributed by atoms with Crippen molar-refractivity contribution in [3.05, 3.63) is 64.6 Å². The van der Waals surface area contributed by atoms with E-state index in [1.807, 2.05) is 52.8 Å². The van der Waals surface area contributed by atoms with Crippen LogP contribution in [-0.2, 0) is 17.9 Å². The van der Waals surface area contributed by atoms with Crippen LogP contribution < -0.4 is 10.4 Å². The predicted molar refractivity (Wildman–Crippen MR) is 122 cm³/mol. The standard InChI is InChI=1S/C25H31N3O3/c1-3-16-27-22-8-5-6-9-23(22)28(25(27)30)18-15-24(29)26-17-7-10-21(26)19-11-13-20(14-12-19)31-4-2/h5-6,8-9,11-14,21H,3-4,7,10,15-18H2,1-2H3. The summed E-state index contributed by atoms with van der Waals surface area (Å²) in [5, 5.41) is 0. The van der Waals surface area contributed by atoms with E-state index in [1.54, 1.807) is 4.57 Å². The van der Waals surface area contributed by atoms with Crippen LogP contribution in [-0.4, -0.2) is 33.1 Å². The molecule has 2 heterocycles. The third kappa shape index (κ3) is 4.24. The first-order valence-corrected chi connectivity index (χ1v) is 11.3. The fourth-order valence-corrected chi connectivity index (χ4v) is 4.64. The molecule has 1 unspecified atom stereocenters. The van der Waals surface area contributed by atoms with Gasteiger partial charge in [0.2, 0.25) is 5.91 Å². The van der Waals surface area contributed by atoms with Gasteiger partial charge in [0.05, 0.1) is 23.7 Å². The first-order valence-electron chi connectivity index (χ1n) is 11.3. The number of aryl methyl sites for hydroxylation is 2. The van der Waals surface area contributed by atoms with Crippen molar-refractivity contribution in [3.63, 3.8) is 0 Å². The molecular formula is C25H31N3O3. The molecule has 0 aliphatic carbocycles. The van der Waals surface area contributed by atoms with Crippen molar-refractivity contribution in [2.24, 2.45) is 0 Å². The molecule has 2 aromatic carbocycles. The number of imidazole rings is 1. The Hall–Kier alpha value is -3.02. The first kappa shape index (κ1) is 21.2. The molecule has 6 heteroatoms. The van der Waals surface area contributed by atoms with Crippen LogP contribution in [0.2, 0.25) is 0 Å². The van der Waals surface area contributed by atoms with E-state index in [-0.39, 0.29) is 17.6 Å². The van der Waals surface area contributed by atoms with Crippen LogP contribution in [0.4, 0.5) is 0 Å². The van der Waals surface area contributed by atoms with E-state index in [4.69, 9.17) is 4.74 Å². The summed E-state index contributed by atoms with van der Waals surface area (Å²) < 4.78 is 9.11. The van der Waals surface area contributed by atoms with Crippen LogP contribution >= 0.6 is 0 Å². The molecule has 6 nitrogen and oxygen atoms in total. The van der Waals surface area contributed by atoms with E-state index >= 15 is 0 Å². The zero-order valence-corrected chi connectivity index (χ0v) is 18.4. The van der Waals surface area contributed by atoms with Crippen LogP contribution in [0.15, 0.2) is 53.3 Å². The van der Waals surface area contributed by atoms with Crippen LogP contribution in [0.3, 0.4) is 0 Å². The summed E-state index contributed by atoms with van der Waals surface area (Å²) in [6.45, 7) is 6.53. The molecule has 1 atom stereocenters. The third-order valence-corrected chi connectivity index (χ3v) is 6.07. The maximum atomic E-state index is 13.1. The van der Waals surface area contributed by atoms with E-state index in [0.717, 1.165) is 48.2 Å². The van der Waals surface area contributed by atoms with Gasteiger partial charge < -0.3 is 9.64 Å². The second-order valence-electron chi connectivity index (χ2n) is 8.07. The van der Waals surface area contributed by atoms with E-state index in [1.165, 1.54) is 0 Å². The highest BCUT2D eigenvalue weighted by Gasteiger charge is 2.29. The highest BCUT2D eigenvalue weighted by Crippen LogP contribution is 2.33. The second kappa shape index (κ2) is 9.41. The Bertz CT molecular complexity index is 1100. The maximum absolute atomic E-state index is 13.1. The molecule has 0 spiro atoms. The average molecular weight is 422 g/mol. The van der Waals surface area contributed by atoms with Crippen LogP contribution in [0.1, 0.15) is 51.1 Å². The lowest BCUT2D eigenvalue weighted by molar-refractivity contribution is -0.132. The topological polar surface area (TPSA) is 56.5 Å². The van der Waals surface area contributed by atoms with Gasteiger partial charge in [-0.05, 0) is 56.0 Å². The first-order chi connectivity index (χ1) is 15.1. The van der Waals surface area contributed by atoms with E-state index in [9.17, 15) is 9.59 Å². The quantitative estimate of drug-likeness (QED) is 0.543. The van der Waals surface area contributed by atoms with Crippen LogP contribution in [0, 0.1) is 0 Å². The Morgan fingerprint density at radius 3 is 2.32 bits per heavy atom. The van der Waals surface area contributed by atoms with E-state index in [0.29, 0.717) is 26.1 Å². The SMILES string of the molecule is CCCn1c(=O)n(CCC(=O)N2CCCC2c2ccc(OCC)cc2)c2ccccc21. The molecule has 1 aromatic heterocycles. The van der Waals surface area contributed by atoms with E-state index < -0.39 is 0 Å². The van der Waals surface area contributed by atoms with Crippen molar-refractivity contribution >= 4 is 16.9 Å². The number of likely N-dealkylation sites (tertiary alicyclic amines) is 1. The predicted octanol–water partition coefficient (Wildman–Crippen LogP) is 4.37. The number of hydrogen-bond donors (Lipinski definition) is 0. The second-order valence-corrected chi connectivity index (χ2v) is 8.07. The zero-order valence-electron chi connectivity index (χ0n) is 18.4. The fourth-order valence-electron chi connectivity index (χ4n) is 4.64. The molecule has 3 aromatic rings. The van der Waals surface area contributed by atoms with Gasteiger partial charge in [0.25, 0.3) is 0 Å². The molecule has 164 valence electrons. The summed E-state index contributed by atoms with van der Waals surface area (Å²) in [5.74, 6) is 0.959. The number of carbonyl (C=O) groups excluding carboxylic acids is 1. The lowest BCUT2D eigenvalue weighted by Gasteiger charge is -2.25. The molecule has 0 saturated carbocycles. The van der Waals surface area contributed by atoms with Crippen molar-refractivity contribution in [3.8, 4) is 5.75 Å². The number of benzene rings is 2. The molecule has 1 aliphatic rings. The van der Waals surface area contributed by atoms with E-state index in [2.05, 4.69) is 19.1 Å². The van der Waals surface area contributed by atoms with Gasteiger partial charge in [-0.25, -0.2) is 4.79 Å². The highest BCUT2D eigenvalue weighted by atomic mass is 16.5. The summed E-state index contributed by atoms with van der Waals surface area (Å²) >= 11 is 0. The number of aromatic nitrogens is 2. The van der Waals surface area contributed by atoms with Crippen molar-refractivity contribution in [1.29, 1.82) is 0 Å². The number of rotatable bonds is 8. The third-order valence-electron chi connectivity index (χ3n) is 6.07. The molecule has 31 heavy (non-hydrogen) atoms. The molecule has 1 saturated heterocycles. The summed E-state index contributed by atoms with van der Waals surface area (Å²) in [4.78, 5) is 28.1. The number of amides is 1. The molecule has 1 fully saturated rings. The van der Waals surface area contributed by atoms with Crippen molar-refractivity contribution in [2.45, 2.75) is 58.7 Å². The monoisotopic (exact) mass is 421 g/mol. The number of nitrogens with zero attached hydrogens (tertiary/aromatic N) is 3. The Balaban J connectivity index is 1.50. The summed E-state index contributed by atoms with van der Waals surface area (Å²) in [6, 6.07) is 16.0. The smallest absolute Gasteiger partial charge is 0.329 e. The van der Waals surface area contributed by atoms with Gasteiger partial charge in [-0.2, -0.15) is 0 Å². The van der Waals surface area contributed by atoms with Gasteiger partial charge in [0.1, 0.15) is 5.75 Å². The highest BCUT2D eigenvalue weighted by molar-refractivity contribution is 5.78.